The Morgan fingerprint density at radius 2 is 1.55 bits per heavy atom. The standard InChI is InChI=1S/C10H17N3O4S2.ClH/c11-6-7-12-18(14,15)9-8-13-19(16,17)10-4-2-1-3-5-10;/h1-5,12-13H,6-9,11H2;1H. The summed E-state index contributed by atoms with van der Waals surface area (Å²) in [5.74, 6) is -0.334. The largest absolute Gasteiger partial charge is 0.329 e. The second-order valence-corrected chi connectivity index (χ2v) is 7.41. The van der Waals surface area contributed by atoms with Crippen molar-refractivity contribution in [1.29, 1.82) is 0 Å². The molecule has 0 spiro atoms. The molecule has 0 aromatic heterocycles. The van der Waals surface area contributed by atoms with Gasteiger partial charge in [-0.15, -0.1) is 12.4 Å². The number of sulfonamides is 2. The van der Waals surface area contributed by atoms with Gasteiger partial charge in [0.1, 0.15) is 0 Å². The van der Waals surface area contributed by atoms with Gasteiger partial charge in [-0.1, -0.05) is 18.2 Å². The Labute approximate surface area is 125 Å². The molecule has 0 atom stereocenters. The molecule has 0 saturated heterocycles. The number of halogens is 1. The van der Waals surface area contributed by atoms with Gasteiger partial charge in [0.05, 0.1) is 10.6 Å². The predicted molar refractivity (Wildman–Crippen MR) is 79.7 cm³/mol. The fourth-order valence-electron chi connectivity index (χ4n) is 1.28. The summed E-state index contributed by atoms with van der Waals surface area (Å²) in [6.45, 7) is 0.125. The lowest BCUT2D eigenvalue weighted by Gasteiger charge is -2.08. The van der Waals surface area contributed by atoms with Crippen molar-refractivity contribution in [3.8, 4) is 0 Å². The molecule has 1 aromatic carbocycles. The summed E-state index contributed by atoms with van der Waals surface area (Å²) in [5.41, 5.74) is 5.17. The van der Waals surface area contributed by atoms with Gasteiger partial charge in [0.25, 0.3) is 0 Å². The molecule has 0 amide bonds. The van der Waals surface area contributed by atoms with Gasteiger partial charge in [-0.3, -0.25) is 0 Å². The van der Waals surface area contributed by atoms with Crippen LogP contribution in [-0.2, 0) is 20.0 Å². The van der Waals surface area contributed by atoms with E-state index in [1.807, 2.05) is 0 Å². The Bertz CT molecular complexity index is 590. The molecule has 0 bridgehead atoms. The maximum atomic E-state index is 11.8. The van der Waals surface area contributed by atoms with E-state index < -0.39 is 20.0 Å². The number of hydrogen-bond donors (Lipinski definition) is 3. The van der Waals surface area contributed by atoms with Gasteiger partial charge >= 0.3 is 0 Å². The van der Waals surface area contributed by atoms with Crippen LogP contribution < -0.4 is 15.2 Å². The molecule has 0 unspecified atom stereocenters. The van der Waals surface area contributed by atoms with Crippen LogP contribution in [0.4, 0.5) is 0 Å². The van der Waals surface area contributed by atoms with Crippen LogP contribution >= 0.6 is 12.4 Å². The Morgan fingerprint density at radius 1 is 0.950 bits per heavy atom. The molecule has 4 N–H and O–H groups in total. The summed E-state index contributed by atoms with van der Waals surface area (Å²) < 4.78 is 50.9. The van der Waals surface area contributed by atoms with E-state index in [1.165, 1.54) is 12.1 Å². The zero-order chi connectivity index (χ0) is 14.4. The van der Waals surface area contributed by atoms with E-state index in [9.17, 15) is 16.8 Å². The van der Waals surface area contributed by atoms with Gasteiger partial charge in [-0.05, 0) is 12.1 Å². The lowest BCUT2D eigenvalue weighted by molar-refractivity contribution is 0.575. The van der Waals surface area contributed by atoms with Gasteiger partial charge in [0, 0.05) is 19.6 Å². The second-order valence-electron chi connectivity index (χ2n) is 3.71. The van der Waals surface area contributed by atoms with Crippen LogP contribution in [0.5, 0.6) is 0 Å². The Morgan fingerprint density at radius 3 is 2.10 bits per heavy atom. The molecule has 10 heteroatoms. The minimum absolute atomic E-state index is 0. The van der Waals surface area contributed by atoms with Gasteiger partial charge < -0.3 is 5.73 Å². The maximum absolute atomic E-state index is 11.8. The van der Waals surface area contributed by atoms with E-state index in [-0.39, 0.29) is 42.7 Å². The van der Waals surface area contributed by atoms with Crippen LogP contribution in [0.1, 0.15) is 0 Å². The Balaban J connectivity index is 0.00000361. The zero-order valence-electron chi connectivity index (χ0n) is 10.7. The van der Waals surface area contributed by atoms with E-state index in [2.05, 4.69) is 9.44 Å². The van der Waals surface area contributed by atoms with Crippen molar-refractivity contribution in [3.63, 3.8) is 0 Å². The molecule has 7 nitrogen and oxygen atoms in total. The van der Waals surface area contributed by atoms with Crippen molar-refractivity contribution in [1.82, 2.24) is 9.44 Å². The highest BCUT2D eigenvalue weighted by Gasteiger charge is 2.15. The van der Waals surface area contributed by atoms with Crippen molar-refractivity contribution in [3.05, 3.63) is 30.3 Å². The fraction of sp³-hybridized carbons (Fsp3) is 0.400. The maximum Gasteiger partial charge on any atom is 0.240 e. The smallest absolute Gasteiger partial charge is 0.240 e. The molecule has 20 heavy (non-hydrogen) atoms. The normalized spacial score (nSPS) is 11.8. The second kappa shape index (κ2) is 8.55. The van der Waals surface area contributed by atoms with E-state index in [1.54, 1.807) is 18.2 Å². The highest BCUT2D eigenvalue weighted by molar-refractivity contribution is 7.90. The predicted octanol–water partition coefficient (Wildman–Crippen LogP) is -0.735. The highest BCUT2D eigenvalue weighted by atomic mass is 35.5. The number of rotatable bonds is 8. The summed E-state index contributed by atoms with van der Waals surface area (Å²) in [4.78, 5) is 0.0994. The molecule has 0 aliphatic carbocycles. The first-order valence-electron chi connectivity index (χ1n) is 5.59. The number of nitrogens with two attached hydrogens (primary N) is 1. The fourth-order valence-corrected chi connectivity index (χ4v) is 3.41. The molecule has 0 aliphatic rings. The number of nitrogens with one attached hydrogen (secondary N) is 2. The summed E-state index contributed by atoms with van der Waals surface area (Å²) in [5, 5.41) is 0. The summed E-state index contributed by atoms with van der Waals surface area (Å²) >= 11 is 0. The SMILES string of the molecule is Cl.NCCNS(=O)(=O)CCNS(=O)(=O)c1ccccc1. The summed E-state index contributed by atoms with van der Waals surface area (Å²) in [6.07, 6.45) is 0. The van der Waals surface area contributed by atoms with Crippen LogP contribution in [0.2, 0.25) is 0 Å². The topological polar surface area (TPSA) is 118 Å². The number of hydrogen-bond acceptors (Lipinski definition) is 5. The molecule has 0 fully saturated rings. The molecule has 0 saturated carbocycles. The lowest BCUT2D eigenvalue weighted by Crippen LogP contribution is -2.36. The molecule has 116 valence electrons. The van der Waals surface area contributed by atoms with Gasteiger partial charge in [-0.25, -0.2) is 26.3 Å². The van der Waals surface area contributed by atoms with Crippen molar-refractivity contribution in [2.75, 3.05) is 25.4 Å². The zero-order valence-corrected chi connectivity index (χ0v) is 13.1. The average molecular weight is 344 g/mol. The third-order valence-electron chi connectivity index (χ3n) is 2.18. The molecule has 0 aliphatic heterocycles. The molecular formula is C10H18ClN3O4S2. The Kier molecular flexibility index (Phi) is 8.25. The molecule has 0 radical (unpaired) electrons. The first-order chi connectivity index (χ1) is 8.87. The van der Waals surface area contributed by atoms with E-state index in [4.69, 9.17) is 5.73 Å². The Hall–Kier alpha value is -0.710. The number of benzene rings is 1. The van der Waals surface area contributed by atoms with Crippen LogP contribution in [-0.4, -0.2) is 42.2 Å². The molecular weight excluding hydrogens is 326 g/mol. The van der Waals surface area contributed by atoms with Crippen molar-refractivity contribution in [2.24, 2.45) is 5.73 Å². The third kappa shape index (κ3) is 6.64. The minimum Gasteiger partial charge on any atom is -0.329 e. The van der Waals surface area contributed by atoms with Crippen molar-refractivity contribution >= 4 is 32.5 Å². The molecule has 1 aromatic rings. The van der Waals surface area contributed by atoms with Crippen molar-refractivity contribution < 1.29 is 16.8 Å². The minimum atomic E-state index is -3.67. The van der Waals surface area contributed by atoms with E-state index >= 15 is 0 Å². The van der Waals surface area contributed by atoms with E-state index in [0.29, 0.717) is 0 Å². The summed E-state index contributed by atoms with van der Waals surface area (Å²) in [6, 6.07) is 7.75. The van der Waals surface area contributed by atoms with Crippen LogP contribution in [0.3, 0.4) is 0 Å². The van der Waals surface area contributed by atoms with Gasteiger partial charge in [0.15, 0.2) is 0 Å². The first-order valence-corrected chi connectivity index (χ1v) is 8.73. The molecule has 0 heterocycles. The third-order valence-corrected chi connectivity index (χ3v) is 5.05. The monoisotopic (exact) mass is 343 g/mol. The van der Waals surface area contributed by atoms with Crippen LogP contribution in [0, 0.1) is 0 Å². The van der Waals surface area contributed by atoms with Gasteiger partial charge in [-0.2, -0.15) is 0 Å². The quantitative estimate of drug-likeness (QED) is 0.574. The molecule has 1 rings (SSSR count). The van der Waals surface area contributed by atoms with Crippen molar-refractivity contribution in [2.45, 2.75) is 4.90 Å². The first kappa shape index (κ1) is 19.3. The summed E-state index contributed by atoms with van der Waals surface area (Å²) in [7, 11) is -7.18. The average Bonchev–Trinajstić information content (AvgIpc) is 2.37. The highest BCUT2D eigenvalue weighted by Crippen LogP contribution is 2.06. The van der Waals surface area contributed by atoms with Crippen LogP contribution in [0.15, 0.2) is 35.2 Å². The van der Waals surface area contributed by atoms with Gasteiger partial charge in [0.2, 0.25) is 20.0 Å². The van der Waals surface area contributed by atoms with Crippen LogP contribution in [0.25, 0.3) is 0 Å². The van der Waals surface area contributed by atoms with E-state index in [0.717, 1.165) is 0 Å². The lowest BCUT2D eigenvalue weighted by atomic mass is 10.4.